The summed E-state index contributed by atoms with van der Waals surface area (Å²) in [5.74, 6) is -4.31. The largest absolute Gasteiger partial charge is 0.463 e. The van der Waals surface area contributed by atoms with Crippen molar-refractivity contribution in [3.8, 4) is 5.69 Å². The first-order chi connectivity index (χ1) is 16.1. The summed E-state index contributed by atoms with van der Waals surface area (Å²) in [5, 5.41) is 7.77. The normalized spacial score (nSPS) is 17.6. The quantitative estimate of drug-likeness (QED) is 0.255. The molecule has 0 radical (unpaired) electrons. The van der Waals surface area contributed by atoms with Gasteiger partial charge in [-0.3, -0.25) is 9.36 Å². The lowest BCUT2D eigenvalue weighted by Crippen LogP contribution is -2.19. The lowest BCUT2D eigenvalue weighted by molar-refractivity contribution is -0.147. The SMILES string of the molecule is C=CC(F)(F)c1nnc2n1-c1ccc(Cl)cc1[C@@H](c1ccccc1Cl)S[C@@H]2CC(=O)OC(C)C. The highest BCUT2D eigenvalue weighted by Gasteiger charge is 2.41. The number of hydrogen-bond donors (Lipinski definition) is 0. The lowest BCUT2D eigenvalue weighted by atomic mass is 10.0. The van der Waals surface area contributed by atoms with Gasteiger partial charge in [0.15, 0.2) is 5.82 Å². The highest BCUT2D eigenvalue weighted by molar-refractivity contribution is 8.00. The molecule has 2 heterocycles. The maximum absolute atomic E-state index is 14.9. The molecule has 2 aromatic carbocycles. The van der Waals surface area contributed by atoms with Crippen molar-refractivity contribution in [1.29, 1.82) is 0 Å². The van der Waals surface area contributed by atoms with Crippen LogP contribution in [0.5, 0.6) is 0 Å². The Labute approximate surface area is 210 Å². The number of allylic oxidation sites excluding steroid dienone is 1. The summed E-state index contributed by atoms with van der Waals surface area (Å²) in [7, 11) is 0. The van der Waals surface area contributed by atoms with Crippen LogP contribution < -0.4 is 0 Å². The van der Waals surface area contributed by atoms with Gasteiger partial charge in [0.25, 0.3) is 0 Å². The summed E-state index contributed by atoms with van der Waals surface area (Å²) < 4.78 is 36.4. The molecule has 1 aromatic heterocycles. The van der Waals surface area contributed by atoms with E-state index in [-0.39, 0.29) is 18.3 Å². The molecule has 0 unspecified atom stereocenters. The van der Waals surface area contributed by atoms with Gasteiger partial charge < -0.3 is 4.74 Å². The molecule has 0 saturated heterocycles. The number of rotatable bonds is 6. The number of nitrogens with zero attached hydrogens (tertiary/aromatic N) is 3. The molecule has 4 rings (SSSR count). The number of carbonyl (C=O) groups excluding carboxylic acids is 1. The molecule has 0 amide bonds. The molecule has 1 aliphatic rings. The average Bonchev–Trinajstić information content (AvgIpc) is 3.18. The van der Waals surface area contributed by atoms with Gasteiger partial charge in [-0.15, -0.1) is 22.0 Å². The number of ether oxygens (including phenoxy) is 1. The highest BCUT2D eigenvalue weighted by atomic mass is 35.5. The lowest BCUT2D eigenvalue weighted by Gasteiger charge is -2.22. The van der Waals surface area contributed by atoms with Crippen LogP contribution in [0.15, 0.2) is 55.1 Å². The molecule has 0 saturated carbocycles. The van der Waals surface area contributed by atoms with Crippen molar-refractivity contribution >= 4 is 40.9 Å². The fourth-order valence-electron chi connectivity index (χ4n) is 3.82. The average molecular weight is 524 g/mol. The molecule has 5 nitrogen and oxygen atoms in total. The first-order valence-corrected chi connectivity index (χ1v) is 12.2. The van der Waals surface area contributed by atoms with Gasteiger partial charge in [-0.25, -0.2) is 0 Å². The molecular weight excluding hydrogens is 503 g/mol. The molecule has 1 aliphatic heterocycles. The van der Waals surface area contributed by atoms with Crippen molar-refractivity contribution in [3.05, 3.63) is 87.9 Å². The van der Waals surface area contributed by atoms with Crippen LogP contribution >= 0.6 is 35.0 Å². The minimum atomic E-state index is -3.46. The molecule has 2 atom stereocenters. The molecule has 0 spiro atoms. The molecule has 0 fully saturated rings. The second-order valence-electron chi connectivity index (χ2n) is 8.02. The summed E-state index contributed by atoms with van der Waals surface area (Å²) in [6, 6.07) is 12.2. The predicted octanol–water partition coefficient (Wildman–Crippen LogP) is 7.07. The Bertz CT molecular complexity index is 1250. The molecule has 0 aliphatic carbocycles. The number of fused-ring (bicyclic) bond motifs is 3. The zero-order chi connectivity index (χ0) is 24.6. The summed E-state index contributed by atoms with van der Waals surface area (Å²) in [5.41, 5.74) is 1.83. The van der Waals surface area contributed by atoms with Gasteiger partial charge in [0, 0.05) is 10.0 Å². The molecule has 178 valence electrons. The maximum atomic E-state index is 14.9. The Hall–Kier alpha value is -2.42. The maximum Gasteiger partial charge on any atom is 0.325 e. The first-order valence-electron chi connectivity index (χ1n) is 10.5. The zero-order valence-electron chi connectivity index (χ0n) is 18.3. The summed E-state index contributed by atoms with van der Waals surface area (Å²) in [6.45, 7) is 6.74. The van der Waals surface area contributed by atoms with Gasteiger partial charge in [-0.05, 0) is 55.3 Å². The van der Waals surface area contributed by atoms with Crippen molar-refractivity contribution in [2.75, 3.05) is 0 Å². The molecule has 10 heteroatoms. The number of benzene rings is 2. The van der Waals surface area contributed by atoms with E-state index in [1.807, 2.05) is 12.1 Å². The van der Waals surface area contributed by atoms with Gasteiger partial charge in [-0.2, -0.15) is 8.78 Å². The van der Waals surface area contributed by atoms with E-state index in [2.05, 4.69) is 16.8 Å². The van der Waals surface area contributed by atoms with Gasteiger partial charge >= 0.3 is 11.9 Å². The number of thioether (sulfide) groups is 1. The third kappa shape index (κ3) is 4.72. The fourth-order valence-corrected chi connectivity index (χ4v) is 5.83. The van der Waals surface area contributed by atoms with Crippen LogP contribution in [0.4, 0.5) is 8.78 Å². The van der Waals surface area contributed by atoms with Crippen LogP contribution in [0.25, 0.3) is 5.69 Å². The van der Waals surface area contributed by atoms with Crippen LogP contribution in [-0.2, 0) is 15.5 Å². The fraction of sp³-hybridized carbons (Fsp3) is 0.292. The van der Waals surface area contributed by atoms with E-state index in [0.29, 0.717) is 27.4 Å². The van der Waals surface area contributed by atoms with Gasteiger partial charge in [0.05, 0.1) is 28.7 Å². The Kier molecular flexibility index (Phi) is 7.03. The Morgan fingerprint density at radius 3 is 2.65 bits per heavy atom. The molecule has 0 N–H and O–H groups in total. The summed E-state index contributed by atoms with van der Waals surface area (Å²) in [6.07, 6.45) is 0.103. The van der Waals surface area contributed by atoms with E-state index in [0.717, 1.165) is 5.56 Å². The third-order valence-corrected chi connectivity index (χ3v) is 7.32. The standard InChI is InChI=1S/C24H21Cl2F2N3O2S/c1-4-24(27,28)23-30-29-22-19(12-20(32)33-13(2)3)34-21(15-7-5-6-8-17(15)26)16-11-14(25)9-10-18(16)31(22)23/h4-11,13,19,21H,1,12H2,2-3H3/t19-,21-/m1/s1. The molecule has 3 aromatic rings. The minimum absolute atomic E-state index is 0.0939. The monoisotopic (exact) mass is 523 g/mol. The number of carbonyl (C=O) groups is 1. The van der Waals surface area contributed by atoms with Crippen molar-refractivity contribution in [2.24, 2.45) is 0 Å². The van der Waals surface area contributed by atoms with E-state index in [1.54, 1.807) is 44.2 Å². The molecule has 0 bridgehead atoms. The number of esters is 1. The highest BCUT2D eigenvalue weighted by Crippen LogP contribution is 2.53. The van der Waals surface area contributed by atoms with E-state index in [9.17, 15) is 13.6 Å². The van der Waals surface area contributed by atoms with Crippen molar-refractivity contribution < 1.29 is 18.3 Å². The minimum Gasteiger partial charge on any atom is -0.463 e. The van der Waals surface area contributed by atoms with Crippen molar-refractivity contribution in [3.63, 3.8) is 0 Å². The smallest absolute Gasteiger partial charge is 0.325 e. The van der Waals surface area contributed by atoms with Gasteiger partial charge in [-0.1, -0.05) is 48.0 Å². The summed E-state index contributed by atoms with van der Waals surface area (Å²) >= 11 is 14.2. The van der Waals surface area contributed by atoms with Crippen LogP contribution in [0.1, 0.15) is 53.5 Å². The van der Waals surface area contributed by atoms with E-state index in [4.69, 9.17) is 27.9 Å². The summed E-state index contributed by atoms with van der Waals surface area (Å²) in [4.78, 5) is 12.6. The number of halogens is 4. The predicted molar refractivity (Wildman–Crippen MR) is 130 cm³/mol. The first kappa shape index (κ1) is 24.7. The molecular formula is C24H21Cl2F2N3O2S. The van der Waals surface area contributed by atoms with E-state index in [1.165, 1.54) is 16.3 Å². The van der Waals surface area contributed by atoms with Crippen LogP contribution in [0.3, 0.4) is 0 Å². The van der Waals surface area contributed by atoms with E-state index < -0.39 is 28.2 Å². The van der Waals surface area contributed by atoms with Crippen LogP contribution in [0, 0.1) is 0 Å². The number of alkyl halides is 2. The Morgan fingerprint density at radius 2 is 1.97 bits per heavy atom. The van der Waals surface area contributed by atoms with Gasteiger partial charge in [0.2, 0.25) is 5.82 Å². The van der Waals surface area contributed by atoms with Gasteiger partial charge in [0.1, 0.15) is 0 Å². The second kappa shape index (κ2) is 9.68. The van der Waals surface area contributed by atoms with Crippen molar-refractivity contribution in [2.45, 2.75) is 42.8 Å². The van der Waals surface area contributed by atoms with Crippen LogP contribution in [-0.4, -0.2) is 26.8 Å². The zero-order valence-corrected chi connectivity index (χ0v) is 20.7. The topological polar surface area (TPSA) is 57.0 Å². The molecule has 34 heavy (non-hydrogen) atoms. The van der Waals surface area contributed by atoms with Crippen LogP contribution in [0.2, 0.25) is 10.0 Å². The van der Waals surface area contributed by atoms with Crippen molar-refractivity contribution in [1.82, 2.24) is 14.8 Å². The van der Waals surface area contributed by atoms with E-state index >= 15 is 0 Å². The third-order valence-electron chi connectivity index (χ3n) is 5.25. The Morgan fingerprint density at radius 1 is 1.24 bits per heavy atom. The second-order valence-corrected chi connectivity index (χ2v) is 10.2. The number of aromatic nitrogens is 3. The Balaban J connectivity index is 1.97. The number of hydrogen-bond acceptors (Lipinski definition) is 5.